The van der Waals surface area contributed by atoms with Gasteiger partial charge in [0, 0.05) is 46.6 Å². The number of hydrogen-bond acceptors (Lipinski definition) is 9. The van der Waals surface area contributed by atoms with Crippen LogP contribution in [0.3, 0.4) is 0 Å². The molecule has 3 aliphatic heterocycles. The van der Waals surface area contributed by atoms with Crippen molar-refractivity contribution in [2.75, 3.05) is 40.2 Å². The van der Waals surface area contributed by atoms with Crippen molar-refractivity contribution in [1.82, 2.24) is 15.1 Å². The summed E-state index contributed by atoms with van der Waals surface area (Å²) >= 11 is 0. The number of urea groups is 1. The predicted molar refractivity (Wildman–Crippen MR) is 173 cm³/mol. The molecule has 2 amide bonds. The third kappa shape index (κ3) is 4.58. The van der Waals surface area contributed by atoms with Gasteiger partial charge in [-0.05, 0) is 69.5 Å². The highest BCUT2D eigenvalue weighted by atomic mass is 16.5. The van der Waals surface area contributed by atoms with Gasteiger partial charge in [0.05, 0.1) is 39.5 Å². The maximum atomic E-state index is 13.2. The Morgan fingerprint density at radius 2 is 1.50 bits per heavy atom. The van der Waals surface area contributed by atoms with Crippen molar-refractivity contribution < 1.29 is 29.2 Å². The van der Waals surface area contributed by atoms with Gasteiger partial charge >= 0.3 is 6.03 Å². The van der Waals surface area contributed by atoms with Gasteiger partial charge in [-0.25, -0.2) is 4.79 Å². The van der Waals surface area contributed by atoms with E-state index in [1.54, 1.807) is 26.4 Å². The Bertz CT molecular complexity index is 1740. The number of anilines is 1. The average Bonchev–Trinajstić information content (AvgIpc) is 3.04. The van der Waals surface area contributed by atoms with Crippen LogP contribution in [0.25, 0.3) is 0 Å². The van der Waals surface area contributed by atoms with Crippen molar-refractivity contribution in [3.05, 3.63) is 69.3 Å². The Balaban J connectivity index is 1.54. The first-order chi connectivity index (χ1) is 22.1. The number of phenols is 2. The van der Waals surface area contributed by atoms with Crippen LogP contribution in [0.2, 0.25) is 0 Å². The molecule has 2 bridgehead atoms. The largest absolute Gasteiger partial charge is 0.504 e. The lowest BCUT2D eigenvalue weighted by Gasteiger charge is -2.60. The highest BCUT2D eigenvalue weighted by Gasteiger charge is 2.56. The molecule has 0 saturated carbocycles. The van der Waals surface area contributed by atoms with E-state index in [0.29, 0.717) is 41.2 Å². The maximum absolute atomic E-state index is 13.2. The maximum Gasteiger partial charge on any atom is 0.319 e. The minimum Gasteiger partial charge on any atom is -0.504 e. The summed E-state index contributed by atoms with van der Waals surface area (Å²) in [5.41, 5.74) is 6.37. The number of amides is 2. The van der Waals surface area contributed by atoms with E-state index in [-0.39, 0.29) is 41.9 Å². The number of carbonyl (C=O) groups excluding carboxylic acids is 1. The van der Waals surface area contributed by atoms with E-state index in [0.717, 1.165) is 27.8 Å². The SMILES string of the molecule is COc1c(C)c(C)c2c(c1O)[C@@H]1[C@@H]3Cc4c(OC)c(C)c(OC)c(O)c4[C@H](CNC(=O)Nc4ccccc4)N3C(C#N)[C@H](C2)N1C. The lowest BCUT2D eigenvalue weighted by Crippen LogP contribution is -2.68. The van der Waals surface area contributed by atoms with Gasteiger partial charge in [-0.15, -0.1) is 0 Å². The number of nitriles is 1. The van der Waals surface area contributed by atoms with Crippen LogP contribution < -0.4 is 24.8 Å². The summed E-state index contributed by atoms with van der Waals surface area (Å²) in [4.78, 5) is 17.5. The number of benzene rings is 3. The molecule has 1 fully saturated rings. The van der Waals surface area contributed by atoms with E-state index in [1.807, 2.05) is 46.0 Å². The molecule has 11 heteroatoms. The van der Waals surface area contributed by atoms with Crippen molar-refractivity contribution >= 4 is 11.7 Å². The molecule has 1 unspecified atom stereocenters. The molecule has 6 rings (SSSR count). The Labute approximate surface area is 269 Å². The van der Waals surface area contributed by atoms with Crippen LogP contribution in [-0.4, -0.2) is 79.1 Å². The van der Waals surface area contributed by atoms with Crippen molar-refractivity contribution in [2.45, 2.75) is 63.8 Å². The summed E-state index contributed by atoms with van der Waals surface area (Å²) in [6.07, 6.45) is 0.958. The summed E-state index contributed by atoms with van der Waals surface area (Å²) in [7, 11) is 6.65. The second kappa shape index (κ2) is 11.9. The van der Waals surface area contributed by atoms with Crippen molar-refractivity contribution in [3.63, 3.8) is 0 Å². The number of aromatic hydroxyl groups is 2. The molecule has 11 nitrogen and oxygen atoms in total. The molecule has 0 aromatic heterocycles. The van der Waals surface area contributed by atoms with Gasteiger partial charge in [0.15, 0.2) is 23.0 Å². The first-order valence-electron chi connectivity index (χ1n) is 15.4. The number of nitrogens with one attached hydrogen (secondary N) is 2. The standard InChI is InChI=1S/C35H41N5O6/c1-17-18(2)33(45-6)31(42)28-21(17)13-23-25(15-36)40-24(29(28)39(23)4)14-22-27(30(41)34(46-7)19(3)32(22)44-5)26(40)16-37-35(43)38-20-11-9-8-10-12-20/h8-12,23-26,29,41-42H,13-14,16H2,1-7H3,(H2,37,38,43)/t23-,24-,25?,26-,29-/m0/s1. The van der Waals surface area contributed by atoms with Crippen molar-refractivity contribution in [3.8, 4) is 34.8 Å². The van der Waals surface area contributed by atoms with E-state index in [4.69, 9.17) is 14.2 Å². The van der Waals surface area contributed by atoms with E-state index in [2.05, 4.69) is 26.5 Å². The highest BCUT2D eigenvalue weighted by molar-refractivity contribution is 5.89. The van der Waals surface area contributed by atoms with E-state index in [9.17, 15) is 20.3 Å². The second-order valence-electron chi connectivity index (χ2n) is 12.3. The fraction of sp³-hybridized carbons (Fsp3) is 0.429. The van der Waals surface area contributed by atoms with Gasteiger partial charge < -0.3 is 35.1 Å². The van der Waals surface area contributed by atoms with Crippen LogP contribution in [0.1, 0.15) is 51.0 Å². The second-order valence-corrected chi connectivity index (χ2v) is 12.3. The topological polar surface area (TPSA) is 140 Å². The molecule has 0 radical (unpaired) electrons. The minimum absolute atomic E-state index is 0.0401. The fourth-order valence-electron chi connectivity index (χ4n) is 8.23. The van der Waals surface area contributed by atoms with E-state index < -0.39 is 18.1 Å². The Morgan fingerprint density at radius 3 is 2.13 bits per heavy atom. The minimum atomic E-state index is -0.626. The normalized spacial score (nSPS) is 23.3. The van der Waals surface area contributed by atoms with Crippen LogP contribution in [0.4, 0.5) is 10.5 Å². The molecule has 3 aromatic carbocycles. The molecule has 3 heterocycles. The van der Waals surface area contributed by atoms with E-state index in [1.165, 1.54) is 7.11 Å². The number of methoxy groups -OCH3 is 3. The predicted octanol–water partition coefficient (Wildman–Crippen LogP) is 4.64. The summed E-state index contributed by atoms with van der Waals surface area (Å²) in [6.45, 7) is 5.91. The van der Waals surface area contributed by atoms with Crippen LogP contribution in [-0.2, 0) is 12.8 Å². The fourth-order valence-corrected chi connectivity index (χ4v) is 8.23. The Morgan fingerprint density at radius 1 is 0.891 bits per heavy atom. The van der Waals surface area contributed by atoms with Gasteiger partial charge in [-0.3, -0.25) is 9.80 Å². The first kappa shape index (κ1) is 31.3. The van der Waals surface area contributed by atoms with Gasteiger partial charge in [-0.1, -0.05) is 18.2 Å². The number of ether oxygens (including phenoxy) is 3. The molecule has 1 saturated heterocycles. The highest BCUT2D eigenvalue weighted by Crippen LogP contribution is 2.57. The summed E-state index contributed by atoms with van der Waals surface area (Å²) in [5, 5.41) is 40.2. The van der Waals surface area contributed by atoms with Crippen LogP contribution in [0, 0.1) is 32.1 Å². The van der Waals surface area contributed by atoms with Crippen LogP contribution >= 0.6 is 0 Å². The summed E-state index contributed by atoms with van der Waals surface area (Å²) in [6, 6.07) is 9.21. The molecule has 0 spiro atoms. The molecule has 5 atom stereocenters. The van der Waals surface area contributed by atoms with Crippen LogP contribution in [0.5, 0.6) is 28.7 Å². The molecule has 242 valence electrons. The Hall–Kier alpha value is -4.66. The first-order valence-corrected chi connectivity index (χ1v) is 15.4. The molecule has 4 N–H and O–H groups in total. The number of rotatable bonds is 6. The number of likely N-dealkylation sites (N-methyl/N-ethyl adjacent to an activating group) is 1. The van der Waals surface area contributed by atoms with Gasteiger partial charge in [-0.2, -0.15) is 5.26 Å². The van der Waals surface area contributed by atoms with Crippen molar-refractivity contribution in [1.29, 1.82) is 5.26 Å². The summed E-state index contributed by atoms with van der Waals surface area (Å²) in [5.74, 6) is 1.38. The molecule has 3 aromatic rings. The van der Waals surface area contributed by atoms with Crippen LogP contribution in [0.15, 0.2) is 30.3 Å². The van der Waals surface area contributed by atoms with Gasteiger partial charge in [0.1, 0.15) is 11.8 Å². The average molecular weight is 628 g/mol. The van der Waals surface area contributed by atoms with Crippen molar-refractivity contribution in [2.24, 2.45) is 0 Å². The molecular formula is C35H41N5O6. The number of fused-ring (bicyclic) bond motifs is 7. The molecule has 0 aliphatic carbocycles. The number of piperazine rings is 1. The smallest absolute Gasteiger partial charge is 0.319 e. The number of para-hydroxylation sites is 1. The lowest BCUT2D eigenvalue weighted by molar-refractivity contribution is -0.0721. The number of nitrogens with zero attached hydrogens (tertiary/aromatic N) is 3. The number of carbonyl (C=O) groups is 1. The molecule has 46 heavy (non-hydrogen) atoms. The zero-order valence-electron chi connectivity index (χ0n) is 27.3. The number of hydrogen-bond donors (Lipinski definition) is 4. The van der Waals surface area contributed by atoms with E-state index >= 15 is 0 Å². The number of phenolic OH excluding ortho intramolecular Hbond substituents is 2. The zero-order valence-corrected chi connectivity index (χ0v) is 27.3. The molecule has 3 aliphatic rings. The van der Waals surface area contributed by atoms with Gasteiger partial charge in [0.2, 0.25) is 0 Å². The van der Waals surface area contributed by atoms with Gasteiger partial charge in [0.25, 0.3) is 0 Å². The third-order valence-corrected chi connectivity index (χ3v) is 10.3. The molecular weight excluding hydrogens is 586 g/mol. The Kier molecular flexibility index (Phi) is 8.12. The summed E-state index contributed by atoms with van der Waals surface area (Å²) < 4.78 is 17.3. The zero-order chi connectivity index (χ0) is 33.0. The monoisotopic (exact) mass is 627 g/mol. The quantitative estimate of drug-likeness (QED) is 0.308. The third-order valence-electron chi connectivity index (χ3n) is 10.3. The lowest BCUT2D eigenvalue weighted by atomic mass is 9.70.